The van der Waals surface area contributed by atoms with E-state index in [1.807, 2.05) is 0 Å². The topological polar surface area (TPSA) is 259 Å². The van der Waals surface area contributed by atoms with Crippen molar-refractivity contribution >= 4 is 41.5 Å². The van der Waals surface area contributed by atoms with Gasteiger partial charge in [-0.2, -0.15) is 0 Å². The number of esters is 4. The van der Waals surface area contributed by atoms with Crippen LogP contribution in [0.5, 0.6) is 0 Å². The molecule has 2 saturated carbocycles. The van der Waals surface area contributed by atoms with Crippen LogP contribution >= 0.6 is 0 Å². The van der Waals surface area contributed by atoms with Crippen LogP contribution in [0.1, 0.15) is 184 Å². The molecule has 0 aromatic heterocycles. The molecule has 1 heterocycles. The number of benzene rings is 3. The van der Waals surface area contributed by atoms with Crippen LogP contribution in [0.2, 0.25) is 0 Å². The number of Topliss-reactive ketones (excluding diaryl/α,β-unsaturated/α-hetero) is 1. The molecular formula is C65H85NO16. The molecule has 17 nitrogen and oxygen atoms in total. The van der Waals surface area contributed by atoms with Crippen LogP contribution in [0.25, 0.3) is 0 Å². The summed E-state index contributed by atoms with van der Waals surface area (Å²) in [4.78, 5) is 93.8. The van der Waals surface area contributed by atoms with Gasteiger partial charge in [0.1, 0.15) is 23.9 Å². The van der Waals surface area contributed by atoms with Crippen molar-refractivity contribution in [2.45, 2.75) is 205 Å². The summed E-state index contributed by atoms with van der Waals surface area (Å²) in [5, 5.41) is 48.7. The fourth-order valence-electron chi connectivity index (χ4n) is 12.5. The number of carboxylic acids is 1. The number of unbranched alkanes of at least 4 members (excludes halogenated alkanes) is 11. The van der Waals surface area contributed by atoms with E-state index < -0.39 is 119 Å². The number of aliphatic hydroxyl groups is 3. The standard InChI is InChI=1S/C47H51NO14.C18H34O2/c1-25-31(60-43(56)36(52)35(28-16-10-7-11-17-28)48-41(54)29-18-12-8-13-19-29)23-47(57)40(61-42(55)30-20-14-9-15-21-30)38-45(6,32(51)22-33-46(38,24-58-33)62-27(3)50)39(53)37(59-26(2)49)34(25)44(47,4)5;1-2-3-4-5-6-7-8-9-10-11-12-13-14-15-16-17-18(19)20/h7-21,31-33,35-38,40,51-52,57H,22-24H2,1-6H3,(H,48,54);9-10H,2-8,11-17H2,1H3,(H,19,20)/t31-,32-,33+,35-,36+,37+,38-,40-,45+,46-,47+;/m0./s1. The highest BCUT2D eigenvalue weighted by molar-refractivity contribution is 5.96. The SMILES string of the molecule is CC(=O)O[C@H]1C(=O)[C@@]2(C)[C@H]([C@H](OC(=O)c3ccccc3)[C@]3(O)C[C@H](OC(=O)[C@H](O)[C@@H](NC(=O)c4ccccc4)c4ccccc4)C(C)=C1C3(C)C)[C@]1(OC(C)=O)CO[C@@H]1C[C@@H]2O.CCCCCCCCC=CCCCCCCCC(=O)O. The van der Waals surface area contributed by atoms with E-state index >= 15 is 4.79 Å². The van der Waals surface area contributed by atoms with Crippen molar-refractivity contribution < 1.29 is 77.7 Å². The number of fused-ring (bicyclic) bond motifs is 5. The second kappa shape index (κ2) is 29.1. The van der Waals surface area contributed by atoms with Gasteiger partial charge in [-0.15, -0.1) is 0 Å². The third kappa shape index (κ3) is 14.8. The Bertz CT molecular complexity index is 2730. The summed E-state index contributed by atoms with van der Waals surface area (Å²) in [7, 11) is 0. The molecule has 0 unspecified atom stereocenters. The van der Waals surface area contributed by atoms with Gasteiger partial charge in [0.25, 0.3) is 5.91 Å². The number of carbonyl (C=O) groups is 7. The van der Waals surface area contributed by atoms with Crippen LogP contribution in [-0.2, 0) is 47.7 Å². The van der Waals surface area contributed by atoms with Gasteiger partial charge in [0.05, 0.1) is 35.6 Å². The van der Waals surface area contributed by atoms with Crippen molar-refractivity contribution in [3.63, 3.8) is 0 Å². The highest BCUT2D eigenvalue weighted by atomic mass is 16.6. The van der Waals surface area contributed by atoms with Crippen molar-refractivity contribution in [1.29, 1.82) is 0 Å². The van der Waals surface area contributed by atoms with Gasteiger partial charge in [0.2, 0.25) is 0 Å². The minimum absolute atomic E-state index is 0.00289. The lowest BCUT2D eigenvalue weighted by Gasteiger charge is -2.67. The number of hydrogen-bond acceptors (Lipinski definition) is 15. The van der Waals surface area contributed by atoms with Crippen LogP contribution in [0.3, 0.4) is 0 Å². The van der Waals surface area contributed by atoms with E-state index in [2.05, 4.69) is 24.4 Å². The lowest BCUT2D eigenvalue weighted by atomic mass is 9.44. The number of aliphatic carboxylic acids is 1. The Morgan fingerprint density at radius 2 is 1.29 bits per heavy atom. The van der Waals surface area contributed by atoms with Crippen molar-refractivity contribution in [1.82, 2.24) is 5.32 Å². The normalized spacial score (nSPS) is 26.8. The van der Waals surface area contributed by atoms with Gasteiger partial charge in [0.15, 0.2) is 23.6 Å². The molecule has 82 heavy (non-hydrogen) atoms. The molecule has 446 valence electrons. The monoisotopic (exact) mass is 1140 g/mol. The van der Waals surface area contributed by atoms with Gasteiger partial charge in [-0.25, -0.2) is 9.59 Å². The fraction of sp³-hybridized carbons (Fsp3) is 0.554. The van der Waals surface area contributed by atoms with Crippen molar-refractivity contribution in [2.24, 2.45) is 16.7 Å². The quantitative estimate of drug-likeness (QED) is 0.0229. The van der Waals surface area contributed by atoms with E-state index in [9.17, 15) is 44.1 Å². The number of carboxylic acid groups (broad SMARTS) is 1. The highest BCUT2D eigenvalue weighted by Crippen LogP contribution is 2.64. The van der Waals surface area contributed by atoms with Gasteiger partial charge in [0, 0.05) is 44.1 Å². The summed E-state index contributed by atoms with van der Waals surface area (Å²) >= 11 is 0. The molecule has 0 spiro atoms. The van der Waals surface area contributed by atoms with E-state index in [4.69, 9.17) is 28.8 Å². The first kappa shape index (κ1) is 64.6. The number of carbonyl (C=O) groups excluding carboxylic acids is 6. The molecule has 1 saturated heterocycles. The molecule has 2 bridgehead atoms. The van der Waals surface area contributed by atoms with Crippen LogP contribution in [0, 0.1) is 16.7 Å². The molecule has 3 aromatic rings. The summed E-state index contributed by atoms with van der Waals surface area (Å²) in [5.74, 6) is -7.51. The number of rotatable bonds is 25. The number of ether oxygens (including phenoxy) is 5. The maximum Gasteiger partial charge on any atom is 0.338 e. The minimum atomic E-state index is -2.39. The zero-order valence-corrected chi connectivity index (χ0v) is 48.6. The molecule has 3 aromatic carbocycles. The van der Waals surface area contributed by atoms with Gasteiger partial charge < -0.3 is 49.4 Å². The molecule has 3 fully saturated rings. The molecule has 17 heteroatoms. The van der Waals surface area contributed by atoms with Crippen LogP contribution in [0.15, 0.2) is 114 Å². The molecule has 7 rings (SSSR count). The summed E-state index contributed by atoms with van der Waals surface area (Å²) in [5.41, 5.74) is -7.02. The van der Waals surface area contributed by atoms with Crippen molar-refractivity contribution in [2.75, 3.05) is 6.61 Å². The molecule has 3 aliphatic carbocycles. The van der Waals surface area contributed by atoms with Gasteiger partial charge in [-0.1, -0.05) is 151 Å². The van der Waals surface area contributed by atoms with E-state index in [-0.39, 0.29) is 35.3 Å². The Hall–Kier alpha value is -6.53. The van der Waals surface area contributed by atoms with E-state index in [0.717, 1.165) is 26.7 Å². The van der Waals surface area contributed by atoms with Crippen molar-refractivity contribution in [3.8, 4) is 0 Å². The van der Waals surface area contributed by atoms with Gasteiger partial charge >= 0.3 is 29.8 Å². The largest absolute Gasteiger partial charge is 0.481 e. The molecule has 1 aliphatic heterocycles. The first-order chi connectivity index (χ1) is 39.0. The predicted octanol–water partition coefficient (Wildman–Crippen LogP) is 9.84. The Morgan fingerprint density at radius 3 is 1.83 bits per heavy atom. The summed E-state index contributed by atoms with van der Waals surface area (Å²) < 4.78 is 30.3. The minimum Gasteiger partial charge on any atom is -0.481 e. The Balaban J connectivity index is 0.000000461. The number of nitrogens with one attached hydrogen (secondary N) is 1. The van der Waals surface area contributed by atoms with Crippen LogP contribution in [-0.4, -0.2) is 116 Å². The Kier molecular flexibility index (Phi) is 23.0. The third-order valence-corrected chi connectivity index (χ3v) is 17.1. The third-order valence-electron chi connectivity index (χ3n) is 17.1. The Labute approximate surface area is 482 Å². The molecular weight excluding hydrogens is 1050 g/mol. The molecule has 0 radical (unpaired) electrons. The molecule has 4 aliphatic rings. The molecule has 5 N–H and O–H groups in total. The van der Waals surface area contributed by atoms with Crippen LogP contribution < -0.4 is 5.32 Å². The Morgan fingerprint density at radius 1 is 0.744 bits per heavy atom. The molecule has 1 amide bonds. The van der Waals surface area contributed by atoms with E-state index in [1.54, 1.807) is 92.7 Å². The number of hydrogen-bond donors (Lipinski definition) is 5. The van der Waals surface area contributed by atoms with Gasteiger partial charge in [-0.3, -0.25) is 24.0 Å². The lowest BCUT2D eigenvalue weighted by Crippen LogP contribution is -2.82. The maximum absolute atomic E-state index is 15.5. The zero-order chi connectivity index (χ0) is 59.8. The first-order valence-corrected chi connectivity index (χ1v) is 29.1. The number of aliphatic hydroxyl groups excluding tert-OH is 2. The summed E-state index contributed by atoms with van der Waals surface area (Å²) in [6, 6.07) is 22.9. The maximum atomic E-state index is 15.5. The molecule has 11 atom stereocenters. The first-order valence-electron chi connectivity index (χ1n) is 29.1. The van der Waals surface area contributed by atoms with E-state index in [1.165, 1.54) is 96.6 Å². The smallest absolute Gasteiger partial charge is 0.338 e. The van der Waals surface area contributed by atoms with Crippen LogP contribution in [0.4, 0.5) is 0 Å². The zero-order valence-electron chi connectivity index (χ0n) is 48.6. The number of allylic oxidation sites excluding steroid dienone is 2. The average molecular weight is 1140 g/mol. The lowest BCUT2D eigenvalue weighted by molar-refractivity contribution is -0.346. The highest BCUT2D eigenvalue weighted by Gasteiger charge is 2.78. The van der Waals surface area contributed by atoms with Crippen molar-refractivity contribution in [3.05, 3.63) is 131 Å². The second-order valence-corrected chi connectivity index (χ2v) is 23.1. The summed E-state index contributed by atoms with van der Waals surface area (Å²) in [6.07, 6.45) is 10.7. The average Bonchev–Trinajstić information content (AvgIpc) is 1.73. The second-order valence-electron chi connectivity index (χ2n) is 23.1. The predicted molar refractivity (Wildman–Crippen MR) is 305 cm³/mol. The summed E-state index contributed by atoms with van der Waals surface area (Å²) in [6.45, 7) is 10.2. The van der Waals surface area contributed by atoms with Gasteiger partial charge in [-0.05, 0) is 86.9 Å². The number of ketones is 1. The fourth-order valence-corrected chi connectivity index (χ4v) is 12.5. The number of amides is 1. The van der Waals surface area contributed by atoms with E-state index in [0.29, 0.717) is 12.0 Å².